The number of methoxy groups -OCH3 is 3. The molecule has 29 heavy (non-hydrogen) atoms. The third kappa shape index (κ3) is 3.28. The summed E-state index contributed by atoms with van der Waals surface area (Å²) in [4.78, 5) is 18.4. The van der Waals surface area contributed by atoms with E-state index in [-0.39, 0.29) is 24.5 Å². The smallest absolute Gasteiger partial charge is 0.337 e. The van der Waals surface area contributed by atoms with Gasteiger partial charge in [-0.3, -0.25) is 4.90 Å². The minimum Gasteiger partial charge on any atom is -0.504 e. The first-order valence-electron chi connectivity index (χ1n) is 9.96. The third-order valence-electron chi connectivity index (χ3n) is 6.38. The topological polar surface area (TPSA) is 84.0 Å². The summed E-state index contributed by atoms with van der Waals surface area (Å²) in [6.07, 6.45) is 3.09. The number of carbonyl (C=O) groups excluding carboxylic acids is 1. The van der Waals surface area contributed by atoms with Gasteiger partial charge < -0.3 is 24.3 Å². The number of fused-ring (bicyclic) bond motifs is 5. The Kier molecular flexibility index (Phi) is 5.52. The lowest BCUT2D eigenvalue weighted by atomic mass is 9.75. The van der Waals surface area contributed by atoms with E-state index in [1.165, 1.54) is 31.7 Å². The van der Waals surface area contributed by atoms with Crippen LogP contribution in [0.3, 0.4) is 0 Å². The van der Waals surface area contributed by atoms with Crippen molar-refractivity contribution in [3.8, 4) is 5.75 Å². The second-order valence-electron chi connectivity index (χ2n) is 7.75. The number of hydrogen-bond donors (Lipinski definition) is 2. The molecule has 2 aliphatic heterocycles. The Bertz CT molecular complexity index is 935. The lowest BCUT2D eigenvalue weighted by molar-refractivity contribution is -0.137. The van der Waals surface area contributed by atoms with Crippen molar-refractivity contribution < 1.29 is 24.1 Å². The molecule has 2 N–H and O–H groups in total. The molecule has 0 amide bonds. The molecule has 1 aromatic carbocycles. The van der Waals surface area contributed by atoms with Crippen LogP contribution in [-0.4, -0.2) is 62.0 Å². The number of aromatic amines is 1. The average Bonchev–Trinajstić information content (AvgIpc) is 3.15. The number of nitrogens with zero attached hydrogens (tertiary/aromatic N) is 1. The van der Waals surface area contributed by atoms with Crippen LogP contribution < -0.4 is 4.74 Å². The Morgan fingerprint density at radius 3 is 2.86 bits per heavy atom. The number of ether oxygens (including phenoxy) is 3. The van der Waals surface area contributed by atoms with Crippen LogP contribution in [-0.2, 0) is 20.7 Å². The molecule has 0 bridgehead atoms. The lowest BCUT2D eigenvalue weighted by Crippen LogP contribution is -2.48. The molecule has 7 heteroatoms. The molecule has 1 aromatic heterocycles. The molecule has 3 atom stereocenters. The number of aliphatic hydroxyl groups excluding tert-OH is 1. The summed E-state index contributed by atoms with van der Waals surface area (Å²) in [5, 5.41) is 11.2. The summed E-state index contributed by atoms with van der Waals surface area (Å²) >= 11 is 0. The first kappa shape index (κ1) is 19.8. The summed E-state index contributed by atoms with van der Waals surface area (Å²) in [6.45, 7) is 1.64. The lowest BCUT2D eigenvalue weighted by Gasteiger charge is -2.46. The Morgan fingerprint density at radius 1 is 1.34 bits per heavy atom. The standard InChI is InChI=1S/C22H28N2O5/c1-27-12-16(22(26)29-3)15-9-18-21-14(7-8-24(18)10-13(15)11-25)20-17(23-21)5-4-6-19(20)28-2/h4-6,12-13,15,18,23,25H,7-11H2,1-3H3/b16-12+/t13?,15-,18?/m0/s1. The van der Waals surface area contributed by atoms with Gasteiger partial charge in [-0.25, -0.2) is 4.79 Å². The van der Waals surface area contributed by atoms with Crippen molar-refractivity contribution in [3.63, 3.8) is 0 Å². The predicted octanol–water partition coefficient (Wildman–Crippen LogP) is 2.41. The van der Waals surface area contributed by atoms with Crippen LogP contribution in [0.15, 0.2) is 30.0 Å². The number of aliphatic hydroxyl groups is 1. The van der Waals surface area contributed by atoms with Crippen LogP contribution in [0.1, 0.15) is 23.7 Å². The quantitative estimate of drug-likeness (QED) is 0.456. The van der Waals surface area contributed by atoms with Crippen molar-refractivity contribution in [3.05, 3.63) is 41.3 Å². The Labute approximate surface area is 170 Å². The molecule has 2 aromatic rings. The predicted molar refractivity (Wildman–Crippen MR) is 109 cm³/mol. The van der Waals surface area contributed by atoms with Crippen LogP contribution >= 0.6 is 0 Å². The molecular weight excluding hydrogens is 372 g/mol. The van der Waals surface area contributed by atoms with E-state index in [2.05, 4.69) is 16.0 Å². The molecule has 1 saturated heterocycles. The van der Waals surface area contributed by atoms with E-state index in [0.717, 1.165) is 36.2 Å². The van der Waals surface area contributed by atoms with Gasteiger partial charge in [-0.1, -0.05) is 6.07 Å². The maximum Gasteiger partial charge on any atom is 0.337 e. The van der Waals surface area contributed by atoms with Gasteiger partial charge in [0.05, 0.1) is 39.2 Å². The first-order chi connectivity index (χ1) is 14.1. The number of H-pyrrole nitrogens is 1. The highest BCUT2D eigenvalue weighted by atomic mass is 16.5. The van der Waals surface area contributed by atoms with E-state index in [1.807, 2.05) is 12.1 Å². The molecule has 1 fully saturated rings. The SMILES string of the molecule is CO/C=C(/C(=O)OC)[C@H]1CC2c3[nH]c4cccc(OC)c4c3CCN2CC1CO. The molecule has 7 nitrogen and oxygen atoms in total. The average molecular weight is 400 g/mol. The van der Waals surface area contributed by atoms with E-state index in [0.29, 0.717) is 12.0 Å². The molecule has 0 aliphatic carbocycles. The number of aromatic nitrogens is 1. The number of nitrogens with one attached hydrogen (secondary N) is 1. The second-order valence-corrected chi connectivity index (χ2v) is 7.75. The molecule has 3 heterocycles. The van der Waals surface area contributed by atoms with E-state index >= 15 is 0 Å². The first-order valence-corrected chi connectivity index (χ1v) is 9.96. The molecule has 0 saturated carbocycles. The van der Waals surface area contributed by atoms with Crippen LogP contribution in [0.25, 0.3) is 10.9 Å². The molecule has 0 radical (unpaired) electrons. The van der Waals surface area contributed by atoms with Gasteiger partial charge in [0.2, 0.25) is 0 Å². The summed E-state index contributed by atoms with van der Waals surface area (Å²) in [5.74, 6) is 0.279. The van der Waals surface area contributed by atoms with Crippen LogP contribution in [0.5, 0.6) is 5.75 Å². The van der Waals surface area contributed by atoms with Gasteiger partial charge in [-0.05, 0) is 30.5 Å². The van der Waals surface area contributed by atoms with Crippen LogP contribution in [0.2, 0.25) is 0 Å². The van der Waals surface area contributed by atoms with Crippen molar-refractivity contribution >= 4 is 16.9 Å². The van der Waals surface area contributed by atoms with Gasteiger partial charge in [-0.2, -0.15) is 0 Å². The van der Waals surface area contributed by atoms with Crippen molar-refractivity contribution in [1.82, 2.24) is 9.88 Å². The highest BCUT2D eigenvalue weighted by Crippen LogP contribution is 2.46. The normalized spacial score (nSPS) is 24.7. The van der Waals surface area contributed by atoms with Crippen molar-refractivity contribution in [2.45, 2.75) is 18.9 Å². The van der Waals surface area contributed by atoms with E-state index in [9.17, 15) is 9.90 Å². The van der Waals surface area contributed by atoms with E-state index < -0.39 is 5.97 Å². The monoisotopic (exact) mass is 400 g/mol. The number of esters is 1. The maximum absolute atomic E-state index is 12.4. The minimum absolute atomic E-state index is 0.0132. The van der Waals surface area contributed by atoms with Crippen molar-refractivity contribution in [1.29, 1.82) is 0 Å². The van der Waals surface area contributed by atoms with Crippen molar-refractivity contribution in [2.24, 2.45) is 11.8 Å². The molecular formula is C22H28N2O5. The minimum atomic E-state index is -0.405. The van der Waals surface area contributed by atoms with E-state index in [1.54, 1.807) is 7.11 Å². The molecule has 4 rings (SSSR count). The Hall–Kier alpha value is -2.51. The van der Waals surface area contributed by atoms with Gasteiger partial charge in [0, 0.05) is 48.1 Å². The van der Waals surface area contributed by atoms with E-state index in [4.69, 9.17) is 14.2 Å². The number of rotatable bonds is 5. The van der Waals surface area contributed by atoms with Gasteiger partial charge in [0.1, 0.15) is 5.75 Å². The zero-order valence-corrected chi connectivity index (χ0v) is 17.1. The Morgan fingerprint density at radius 2 is 2.17 bits per heavy atom. The number of piperidine rings is 1. The number of benzene rings is 1. The Balaban J connectivity index is 1.76. The maximum atomic E-state index is 12.4. The van der Waals surface area contributed by atoms with Gasteiger partial charge in [0.15, 0.2) is 0 Å². The third-order valence-corrected chi connectivity index (χ3v) is 6.38. The van der Waals surface area contributed by atoms with Crippen LogP contribution in [0, 0.1) is 11.8 Å². The fourth-order valence-corrected chi connectivity index (χ4v) is 5.05. The number of carbonyl (C=O) groups is 1. The van der Waals surface area contributed by atoms with Gasteiger partial charge in [-0.15, -0.1) is 0 Å². The summed E-state index contributed by atoms with van der Waals surface area (Å²) in [5.41, 5.74) is 4.01. The fourth-order valence-electron chi connectivity index (χ4n) is 5.05. The van der Waals surface area contributed by atoms with Gasteiger partial charge in [0.25, 0.3) is 0 Å². The zero-order valence-electron chi connectivity index (χ0n) is 17.1. The molecule has 2 unspecified atom stereocenters. The van der Waals surface area contributed by atoms with Gasteiger partial charge >= 0.3 is 5.97 Å². The largest absolute Gasteiger partial charge is 0.504 e. The summed E-state index contributed by atoms with van der Waals surface area (Å²) < 4.78 is 15.8. The fraction of sp³-hybridized carbons (Fsp3) is 0.500. The summed E-state index contributed by atoms with van der Waals surface area (Å²) in [7, 11) is 4.59. The van der Waals surface area contributed by atoms with Crippen molar-refractivity contribution in [2.75, 3.05) is 41.0 Å². The highest BCUT2D eigenvalue weighted by molar-refractivity contribution is 5.91. The molecule has 2 aliphatic rings. The molecule has 156 valence electrons. The zero-order chi connectivity index (χ0) is 20.5. The molecule has 0 spiro atoms. The second kappa shape index (κ2) is 8.08. The number of hydrogen-bond acceptors (Lipinski definition) is 6. The summed E-state index contributed by atoms with van der Waals surface area (Å²) in [6, 6.07) is 6.18. The van der Waals surface area contributed by atoms with Crippen LogP contribution in [0.4, 0.5) is 0 Å². The highest BCUT2D eigenvalue weighted by Gasteiger charge is 2.43.